The molecule has 0 bridgehead atoms. The zero-order valence-electron chi connectivity index (χ0n) is 13.6. The van der Waals surface area contributed by atoms with Gasteiger partial charge in [0.05, 0.1) is 11.0 Å². The van der Waals surface area contributed by atoms with Crippen molar-refractivity contribution in [3.05, 3.63) is 0 Å². The van der Waals surface area contributed by atoms with Gasteiger partial charge in [-0.2, -0.15) is 0 Å². The van der Waals surface area contributed by atoms with Gasteiger partial charge in [0.15, 0.2) is 0 Å². The molecule has 0 aliphatic carbocycles. The van der Waals surface area contributed by atoms with E-state index in [4.69, 9.17) is 5.73 Å². The first-order valence-electron chi connectivity index (χ1n) is 7.96. The third-order valence-electron chi connectivity index (χ3n) is 4.60. The number of hydrogen-bond acceptors (Lipinski definition) is 5. The SMILES string of the molecule is CC(C)C(=O)N1CCC2(CC1)SCCN2C(=O)[C@@H](N)[C@@H](C)O. The minimum absolute atomic E-state index is 0.00618. The van der Waals surface area contributed by atoms with Gasteiger partial charge in [-0.25, -0.2) is 0 Å². The van der Waals surface area contributed by atoms with Crippen molar-refractivity contribution < 1.29 is 14.7 Å². The van der Waals surface area contributed by atoms with E-state index in [1.54, 1.807) is 18.7 Å². The molecule has 0 unspecified atom stereocenters. The lowest BCUT2D eigenvalue weighted by Gasteiger charge is -2.45. The maximum atomic E-state index is 12.5. The van der Waals surface area contributed by atoms with Crippen LogP contribution in [0.1, 0.15) is 33.6 Å². The number of amides is 2. The average molecular weight is 329 g/mol. The minimum Gasteiger partial charge on any atom is -0.391 e. The molecule has 2 saturated heterocycles. The van der Waals surface area contributed by atoms with Crippen LogP contribution in [0.15, 0.2) is 0 Å². The van der Waals surface area contributed by atoms with Gasteiger partial charge in [-0.1, -0.05) is 13.8 Å². The Morgan fingerprint density at radius 1 is 1.14 bits per heavy atom. The second-order valence-electron chi connectivity index (χ2n) is 6.53. The second kappa shape index (κ2) is 6.76. The number of aliphatic hydroxyl groups is 1. The first-order chi connectivity index (χ1) is 10.3. The zero-order valence-corrected chi connectivity index (χ0v) is 14.4. The van der Waals surface area contributed by atoms with Gasteiger partial charge < -0.3 is 20.6 Å². The standard InChI is InChI=1S/C15H27N3O3S/c1-10(2)13(20)17-6-4-15(5-7-17)18(8-9-22-15)14(21)12(16)11(3)19/h10-12,19H,4-9,16H2,1-3H3/t11-,12+/m1/s1. The zero-order chi connectivity index (χ0) is 16.5. The predicted molar refractivity (Wildman–Crippen MR) is 87.2 cm³/mol. The summed E-state index contributed by atoms with van der Waals surface area (Å²) in [6, 6.07) is -0.870. The van der Waals surface area contributed by atoms with Crippen LogP contribution in [0.2, 0.25) is 0 Å². The maximum absolute atomic E-state index is 12.5. The molecule has 2 amide bonds. The number of carbonyl (C=O) groups excluding carboxylic acids is 2. The Morgan fingerprint density at radius 3 is 2.23 bits per heavy atom. The summed E-state index contributed by atoms with van der Waals surface area (Å²) >= 11 is 1.78. The molecular formula is C15H27N3O3S. The van der Waals surface area contributed by atoms with Gasteiger partial charge in [-0.3, -0.25) is 9.59 Å². The Balaban J connectivity index is 2.05. The van der Waals surface area contributed by atoms with Crippen molar-refractivity contribution in [2.45, 2.75) is 50.6 Å². The van der Waals surface area contributed by atoms with E-state index >= 15 is 0 Å². The third kappa shape index (κ3) is 3.26. The van der Waals surface area contributed by atoms with E-state index in [1.807, 2.05) is 23.6 Å². The van der Waals surface area contributed by atoms with Crippen molar-refractivity contribution in [3.8, 4) is 0 Å². The van der Waals surface area contributed by atoms with E-state index in [1.165, 1.54) is 0 Å². The highest BCUT2D eigenvalue weighted by Crippen LogP contribution is 2.44. The fourth-order valence-electron chi connectivity index (χ4n) is 3.16. The van der Waals surface area contributed by atoms with E-state index in [2.05, 4.69) is 0 Å². The molecule has 7 heteroatoms. The van der Waals surface area contributed by atoms with Gasteiger partial charge in [-0.05, 0) is 19.8 Å². The van der Waals surface area contributed by atoms with Gasteiger partial charge in [0.2, 0.25) is 11.8 Å². The summed E-state index contributed by atoms with van der Waals surface area (Å²) in [5, 5.41) is 9.58. The summed E-state index contributed by atoms with van der Waals surface area (Å²) in [4.78, 5) is 28.1. The van der Waals surface area contributed by atoms with E-state index in [9.17, 15) is 14.7 Å². The highest BCUT2D eigenvalue weighted by molar-refractivity contribution is 8.00. The lowest BCUT2D eigenvalue weighted by Crippen LogP contribution is -2.58. The van der Waals surface area contributed by atoms with Gasteiger partial charge in [-0.15, -0.1) is 11.8 Å². The van der Waals surface area contributed by atoms with E-state index in [-0.39, 0.29) is 22.6 Å². The lowest BCUT2D eigenvalue weighted by atomic mass is 9.99. The molecule has 0 radical (unpaired) electrons. The topological polar surface area (TPSA) is 86.9 Å². The van der Waals surface area contributed by atoms with Gasteiger partial charge in [0.1, 0.15) is 6.04 Å². The Hall–Kier alpha value is -0.790. The highest BCUT2D eigenvalue weighted by Gasteiger charge is 2.48. The van der Waals surface area contributed by atoms with Crippen molar-refractivity contribution in [2.24, 2.45) is 11.7 Å². The van der Waals surface area contributed by atoms with E-state index in [0.717, 1.165) is 18.6 Å². The summed E-state index contributed by atoms with van der Waals surface area (Å²) in [5.74, 6) is 0.892. The molecule has 0 saturated carbocycles. The lowest BCUT2D eigenvalue weighted by molar-refractivity contribution is -0.140. The number of rotatable bonds is 3. The summed E-state index contributed by atoms with van der Waals surface area (Å²) < 4.78 is 0. The third-order valence-corrected chi connectivity index (χ3v) is 6.15. The fourth-order valence-corrected chi connectivity index (χ4v) is 4.62. The van der Waals surface area contributed by atoms with Crippen LogP contribution < -0.4 is 5.73 Å². The number of piperidine rings is 1. The first-order valence-corrected chi connectivity index (χ1v) is 8.95. The van der Waals surface area contributed by atoms with Crippen LogP contribution in [0.25, 0.3) is 0 Å². The molecule has 1 spiro atoms. The van der Waals surface area contributed by atoms with Crippen LogP contribution in [-0.2, 0) is 9.59 Å². The predicted octanol–water partition coefficient (Wildman–Crippen LogP) is 0.245. The average Bonchev–Trinajstić information content (AvgIpc) is 2.88. The van der Waals surface area contributed by atoms with Gasteiger partial charge in [0, 0.05) is 31.3 Å². The quantitative estimate of drug-likeness (QED) is 0.775. The number of aliphatic hydroxyl groups excluding tert-OH is 1. The molecular weight excluding hydrogens is 302 g/mol. The van der Waals surface area contributed by atoms with Crippen LogP contribution in [-0.4, -0.2) is 69.1 Å². The summed E-state index contributed by atoms with van der Waals surface area (Å²) in [6.45, 7) is 7.39. The molecule has 2 fully saturated rings. The van der Waals surface area contributed by atoms with Crippen molar-refractivity contribution in [3.63, 3.8) is 0 Å². The molecule has 0 aromatic heterocycles. The van der Waals surface area contributed by atoms with E-state index in [0.29, 0.717) is 19.6 Å². The monoisotopic (exact) mass is 329 g/mol. The van der Waals surface area contributed by atoms with Crippen molar-refractivity contribution in [1.82, 2.24) is 9.80 Å². The molecule has 2 atom stereocenters. The van der Waals surface area contributed by atoms with Crippen LogP contribution in [0.5, 0.6) is 0 Å². The van der Waals surface area contributed by atoms with Crippen LogP contribution in [0, 0.1) is 5.92 Å². The van der Waals surface area contributed by atoms with Crippen molar-refractivity contribution in [1.29, 1.82) is 0 Å². The fraction of sp³-hybridized carbons (Fsp3) is 0.867. The Kier molecular flexibility index (Phi) is 5.40. The molecule has 2 aliphatic rings. The van der Waals surface area contributed by atoms with Crippen LogP contribution >= 0.6 is 11.8 Å². The Morgan fingerprint density at radius 2 is 1.73 bits per heavy atom. The van der Waals surface area contributed by atoms with Gasteiger partial charge in [0.25, 0.3) is 0 Å². The molecule has 3 N–H and O–H groups in total. The number of hydrogen-bond donors (Lipinski definition) is 2. The number of nitrogens with zero attached hydrogens (tertiary/aromatic N) is 2. The first kappa shape index (κ1) is 17.6. The molecule has 2 heterocycles. The Bertz CT molecular complexity index is 434. The minimum atomic E-state index is -0.870. The Labute approximate surface area is 136 Å². The van der Waals surface area contributed by atoms with Crippen LogP contribution in [0.3, 0.4) is 0 Å². The summed E-state index contributed by atoms with van der Waals surface area (Å²) in [5.41, 5.74) is 5.83. The van der Waals surface area contributed by atoms with Gasteiger partial charge >= 0.3 is 0 Å². The number of likely N-dealkylation sites (tertiary alicyclic amines) is 1. The van der Waals surface area contributed by atoms with Crippen molar-refractivity contribution >= 4 is 23.6 Å². The molecule has 2 rings (SSSR count). The maximum Gasteiger partial charge on any atom is 0.243 e. The summed E-state index contributed by atoms with van der Waals surface area (Å²) in [6.07, 6.45) is 0.695. The highest BCUT2D eigenvalue weighted by atomic mass is 32.2. The normalized spacial score (nSPS) is 23.9. The summed E-state index contributed by atoms with van der Waals surface area (Å²) in [7, 11) is 0. The second-order valence-corrected chi connectivity index (χ2v) is 7.99. The molecule has 126 valence electrons. The number of thioether (sulfide) groups is 1. The number of carbonyl (C=O) groups is 2. The molecule has 2 aliphatic heterocycles. The van der Waals surface area contributed by atoms with Crippen molar-refractivity contribution in [2.75, 3.05) is 25.4 Å². The molecule has 0 aromatic carbocycles. The molecule has 0 aromatic rings. The molecule has 6 nitrogen and oxygen atoms in total. The smallest absolute Gasteiger partial charge is 0.243 e. The largest absolute Gasteiger partial charge is 0.391 e. The number of nitrogens with two attached hydrogens (primary N) is 1. The van der Waals surface area contributed by atoms with E-state index < -0.39 is 12.1 Å². The molecule has 22 heavy (non-hydrogen) atoms. The van der Waals surface area contributed by atoms with Crippen LogP contribution in [0.4, 0.5) is 0 Å².